The number of aryl methyl sites for hydroxylation is 1. The third-order valence-corrected chi connectivity index (χ3v) is 5.13. The Morgan fingerprint density at radius 2 is 1.81 bits per heavy atom. The zero-order valence-corrected chi connectivity index (χ0v) is 16.7. The Hall–Kier alpha value is -2.38. The van der Waals surface area contributed by atoms with Gasteiger partial charge in [0, 0.05) is 17.6 Å². The van der Waals surface area contributed by atoms with Gasteiger partial charge in [-0.1, -0.05) is 0 Å². The molecule has 0 aliphatic heterocycles. The van der Waals surface area contributed by atoms with Crippen LogP contribution in [-0.2, 0) is 16.6 Å². The highest BCUT2D eigenvalue weighted by molar-refractivity contribution is 7.09. The van der Waals surface area contributed by atoms with E-state index in [9.17, 15) is 41.4 Å². The van der Waals surface area contributed by atoms with Crippen molar-refractivity contribution in [3.63, 3.8) is 0 Å². The van der Waals surface area contributed by atoms with Gasteiger partial charge >= 0.3 is 12.4 Å². The summed E-state index contributed by atoms with van der Waals surface area (Å²) in [6, 6.07) is 3.63. The molecule has 2 rings (SSSR count). The van der Waals surface area contributed by atoms with E-state index in [1.54, 1.807) is 0 Å². The second-order valence-electron chi connectivity index (χ2n) is 6.62. The van der Waals surface area contributed by atoms with Crippen LogP contribution in [0.15, 0.2) is 29.6 Å². The second-order valence-corrected chi connectivity index (χ2v) is 7.48. The fourth-order valence-electron chi connectivity index (χ4n) is 2.36. The molecule has 0 fully saturated rings. The first kappa shape index (κ1) is 24.9. The fourth-order valence-corrected chi connectivity index (χ4v) is 3.27. The second kappa shape index (κ2) is 9.40. The Bertz CT molecular complexity index is 884. The van der Waals surface area contributed by atoms with Gasteiger partial charge in [-0.3, -0.25) is 4.79 Å². The van der Waals surface area contributed by atoms with Crippen LogP contribution in [0, 0.1) is 6.92 Å². The van der Waals surface area contributed by atoms with E-state index < -0.39 is 60.1 Å². The number of aliphatic hydroxyl groups is 2. The number of halogens is 6. The van der Waals surface area contributed by atoms with Crippen LogP contribution in [0.2, 0.25) is 0 Å². The van der Waals surface area contributed by atoms with Crippen molar-refractivity contribution in [1.82, 2.24) is 10.3 Å². The third kappa shape index (κ3) is 6.55. The summed E-state index contributed by atoms with van der Waals surface area (Å²) >= 11 is 0.557. The highest BCUT2D eigenvalue weighted by Crippen LogP contribution is 2.42. The summed E-state index contributed by atoms with van der Waals surface area (Å²) in [5.74, 6) is -1.18. The van der Waals surface area contributed by atoms with E-state index in [-0.39, 0.29) is 11.4 Å². The van der Waals surface area contributed by atoms with Gasteiger partial charge in [-0.25, -0.2) is 4.98 Å². The Labute approximate surface area is 176 Å². The van der Waals surface area contributed by atoms with Gasteiger partial charge in [0.2, 0.25) is 11.5 Å². The van der Waals surface area contributed by atoms with Gasteiger partial charge in [-0.05, 0) is 31.2 Å². The predicted octanol–water partition coefficient (Wildman–Crippen LogP) is 3.17. The lowest BCUT2D eigenvalue weighted by Gasteiger charge is -2.28. The SMILES string of the molecule is Cc1csc(C(O)(CC(=O)NCC(O)COc2ccc(C(F)(F)F)cc2)C(F)(F)F)n1. The molecular weight excluding hydrogens is 454 g/mol. The van der Waals surface area contributed by atoms with Crippen LogP contribution in [0.25, 0.3) is 0 Å². The number of nitrogens with zero attached hydrogens (tertiary/aromatic N) is 1. The number of rotatable bonds is 8. The van der Waals surface area contributed by atoms with Gasteiger partial charge < -0.3 is 20.3 Å². The van der Waals surface area contributed by atoms with Crippen LogP contribution in [0.5, 0.6) is 5.75 Å². The molecule has 1 amide bonds. The minimum Gasteiger partial charge on any atom is -0.491 e. The van der Waals surface area contributed by atoms with Gasteiger partial charge in [0.1, 0.15) is 23.5 Å². The van der Waals surface area contributed by atoms with Crippen LogP contribution >= 0.6 is 11.3 Å². The lowest BCUT2D eigenvalue weighted by molar-refractivity contribution is -0.267. The Kier molecular flexibility index (Phi) is 7.55. The molecule has 172 valence electrons. The standard InChI is InChI=1S/C18H18F6N2O4S/c1-10-9-31-15(26-10)16(29,18(22,23)24)6-14(28)25-7-12(27)8-30-13-4-2-11(3-5-13)17(19,20)21/h2-5,9,12,27,29H,6-8H2,1H3,(H,25,28). The molecule has 13 heteroatoms. The molecule has 0 aliphatic carbocycles. The van der Waals surface area contributed by atoms with Crippen LogP contribution in [0.4, 0.5) is 26.3 Å². The molecule has 0 spiro atoms. The van der Waals surface area contributed by atoms with Crippen molar-refractivity contribution < 1.29 is 46.1 Å². The Balaban J connectivity index is 1.88. The highest BCUT2D eigenvalue weighted by atomic mass is 32.1. The summed E-state index contributed by atoms with van der Waals surface area (Å²) in [4.78, 5) is 15.6. The van der Waals surface area contributed by atoms with E-state index in [4.69, 9.17) is 4.74 Å². The van der Waals surface area contributed by atoms with Crippen LogP contribution in [0.1, 0.15) is 22.7 Å². The van der Waals surface area contributed by atoms with E-state index in [2.05, 4.69) is 10.3 Å². The number of hydrogen-bond donors (Lipinski definition) is 3. The molecule has 0 saturated heterocycles. The molecule has 1 heterocycles. The lowest BCUT2D eigenvalue weighted by Crippen LogP contribution is -2.47. The number of aromatic nitrogens is 1. The molecule has 0 saturated carbocycles. The number of ether oxygens (including phenoxy) is 1. The number of aliphatic hydroxyl groups excluding tert-OH is 1. The molecule has 0 aliphatic rings. The summed E-state index contributed by atoms with van der Waals surface area (Å²) in [5.41, 5.74) is -4.13. The first-order valence-corrected chi connectivity index (χ1v) is 9.57. The van der Waals surface area contributed by atoms with Crippen LogP contribution in [0.3, 0.4) is 0 Å². The van der Waals surface area contributed by atoms with Crippen molar-refractivity contribution >= 4 is 17.2 Å². The molecule has 2 aromatic rings. The van der Waals surface area contributed by atoms with Crippen LogP contribution in [-0.4, -0.2) is 46.5 Å². The molecule has 0 radical (unpaired) electrons. The normalized spacial score (nSPS) is 15.3. The van der Waals surface area contributed by atoms with Crippen molar-refractivity contribution in [2.45, 2.75) is 37.4 Å². The van der Waals surface area contributed by atoms with Gasteiger partial charge in [-0.15, -0.1) is 11.3 Å². The molecule has 6 nitrogen and oxygen atoms in total. The number of thiazole rings is 1. The molecule has 1 aromatic heterocycles. The molecular formula is C18H18F6N2O4S. The van der Waals surface area contributed by atoms with Gasteiger partial charge in [0.25, 0.3) is 0 Å². The number of alkyl halides is 6. The number of benzene rings is 1. The number of amides is 1. The van der Waals surface area contributed by atoms with Crippen molar-refractivity contribution in [2.75, 3.05) is 13.2 Å². The number of carbonyl (C=O) groups excluding carboxylic acids is 1. The van der Waals surface area contributed by atoms with E-state index >= 15 is 0 Å². The van der Waals surface area contributed by atoms with Gasteiger partial charge in [-0.2, -0.15) is 26.3 Å². The zero-order valence-electron chi connectivity index (χ0n) is 15.9. The van der Waals surface area contributed by atoms with Crippen molar-refractivity contribution in [1.29, 1.82) is 0 Å². The van der Waals surface area contributed by atoms with Crippen molar-refractivity contribution in [2.24, 2.45) is 0 Å². The number of carbonyl (C=O) groups is 1. The largest absolute Gasteiger partial charge is 0.491 e. The van der Waals surface area contributed by atoms with Crippen molar-refractivity contribution in [3.8, 4) is 5.75 Å². The average molecular weight is 472 g/mol. The third-order valence-electron chi connectivity index (χ3n) is 4.02. The molecule has 2 atom stereocenters. The van der Waals surface area contributed by atoms with Gasteiger partial charge in [0.05, 0.1) is 12.0 Å². The first-order chi connectivity index (χ1) is 14.2. The maximum Gasteiger partial charge on any atom is 0.424 e. The summed E-state index contributed by atoms with van der Waals surface area (Å²) in [5, 5.41) is 22.6. The summed E-state index contributed by atoms with van der Waals surface area (Å²) in [7, 11) is 0. The molecule has 2 unspecified atom stereocenters. The van der Waals surface area contributed by atoms with E-state index in [0.717, 1.165) is 24.3 Å². The summed E-state index contributed by atoms with van der Waals surface area (Å²) in [6.07, 6.45) is -12.4. The monoisotopic (exact) mass is 472 g/mol. The van der Waals surface area contributed by atoms with E-state index in [1.165, 1.54) is 12.3 Å². The zero-order chi connectivity index (χ0) is 23.4. The maximum absolute atomic E-state index is 13.4. The maximum atomic E-state index is 13.4. The Morgan fingerprint density at radius 1 is 1.19 bits per heavy atom. The number of nitrogens with one attached hydrogen (secondary N) is 1. The lowest BCUT2D eigenvalue weighted by atomic mass is 9.99. The first-order valence-electron chi connectivity index (χ1n) is 8.69. The molecule has 1 aromatic carbocycles. The summed E-state index contributed by atoms with van der Waals surface area (Å²) in [6.45, 7) is 0.481. The summed E-state index contributed by atoms with van der Waals surface area (Å²) < 4.78 is 82.7. The predicted molar refractivity (Wildman–Crippen MR) is 97.4 cm³/mol. The van der Waals surface area contributed by atoms with E-state index in [1.807, 2.05) is 0 Å². The average Bonchev–Trinajstić information content (AvgIpc) is 3.10. The smallest absolute Gasteiger partial charge is 0.424 e. The minimum absolute atomic E-state index is 0.0176. The Morgan fingerprint density at radius 3 is 2.29 bits per heavy atom. The van der Waals surface area contributed by atoms with E-state index in [0.29, 0.717) is 11.3 Å². The quantitative estimate of drug-likeness (QED) is 0.514. The minimum atomic E-state index is -5.17. The van der Waals surface area contributed by atoms with Crippen LogP contribution < -0.4 is 10.1 Å². The van der Waals surface area contributed by atoms with Gasteiger partial charge in [0.15, 0.2) is 0 Å². The topological polar surface area (TPSA) is 91.7 Å². The fraction of sp³-hybridized carbons (Fsp3) is 0.444. The number of hydrogen-bond acceptors (Lipinski definition) is 6. The van der Waals surface area contributed by atoms with Crippen molar-refractivity contribution in [3.05, 3.63) is 45.9 Å². The molecule has 3 N–H and O–H groups in total. The highest BCUT2D eigenvalue weighted by Gasteiger charge is 2.58. The molecule has 0 bridgehead atoms. The molecule has 31 heavy (non-hydrogen) atoms.